The lowest BCUT2D eigenvalue weighted by Crippen LogP contribution is -2.46. The summed E-state index contributed by atoms with van der Waals surface area (Å²) in [6, 6.07) is 12.6. The first-order valence-electron chi connectivity index (χ1n) is 8.43. The molecule has 1 N–H and O–H groups in total. The first-order valence-corrected chi connectivity index (χ1v) is 8.43. The minimum Gasteiger partial charge on any atom is -0.370 e. The molecule has 1 aliphatic heterocycles. The van der Waals surface area contributed by atoms with Crippen LogP contribution in [0, 0.1) is 0 Å². The van der Waals surface area contributed by atoms with Crippen LogP contribution < -0.4 is 10.2 Å². The minimum absolute atomic E-state index is 0.838. The highest BCUT2D eigenvalue weighted by Crippen LogP contribution is 2.15. The molecule has 2 aromatic rings. The van der Waals surface area contributed by atoms with Crippen molar-refractivity contribution in [3.63, 3.8) is 0 Å². The van der Waals surface area contributed by atoms with Gasteiger partial charge in [-0.1, -0.05) is 37.3 Å². The van der Waals surface area contributed by atoms with Gasteiger partial charge in [-0.05, 0) is 18.1 Å². The Balaban J connectivity index is 1.54. The van der Waals surface area contributed by atoms with E-state index in [0.29, 0.717) is 0 Å². The zero-order chi connectivity index (χ0) is 15.9. The molecule has 0 saturated carbocycles. The van der Waals surface area contributed by atoms with Crippen molar-refractivity contribution in [2.24, 2.45) is 0 Å². The molecular formula is C18H25N5. The van der Waals surface area contributed by atoms with Crippen LogP contribution in [-0.4, -0.2) is 47.6 Å². The molecular weight excluding hydrogens is 286 g/mol. The van der Waals surface area contributed by atoms with E-state index >= 15 is 0 Å². The molecule has 0 amide bonds. The Morgan fingerprint density at radius 1 is 1.04 bits per heavy atom. The maximum Gasteiger partial charge on any atom is 0.227 e. The number of anilines is 2. The van der Waals surface area contributed by atoms with E-state index in [9.17, 15) is 0 Å². The van der Waals surface area contributed by atoms with Crippen LogP contribution in [0.3, 0.4) is 0 Å². The van der Waals surface area contributed by atoms with Gasteiger partial charge in [0.25, 0.3) is 0 Å². The molecule has 0 atom stereocenters. The molecule has 5 nitrogen and oxygen atoms in total. The molecule has 0 spiro atoms. The quantitative estimate of drug-likeness (QED) is 0.888. The number of hydrogen-bond donors (Lipinski definition) is 1. The Morgan fingerprint density at radius 2 is 1.83 bits per heavy atom. The Labute approximate surface area is 138 Å². The molecule has 0 bridgehead atoms. The summed E-state index contributed by atoms with van der Waals surface area (Å²) in [4.78, 5) is 13.8. The van der Waals surface area contributed by atoms with Gasteiger partial charge in [-0.15, -0.1) is 0 Å². The molecule has 0 aliphatic carbocycles. The largest absolute Gasteiger partial charge is 0.370 e. The Kier molecular flexibility index (Phi) is 5.42. The first kappa shape index (κ1) is 15.7. The molecule has 0 unspecified atom stereocenters. The third-order valence-electron chi connectivity index (χ3n) is 4.10. The third kappa shape index (κ3) is 4.42. The van der Waals surface area contributed by atoms with Crippen LogP contribution in [0.15, 0.2) is 42.6 Å². The summed E-state index contributed by atoms with van der Waals surface area (Å²) < 4.78 is 0. The van der Waals surface area contributed by atoms with E-state index in [1.807, 2.05) is 12.3 Å². The molecule has 5 heteroatoms. The summed E-state index contributed by atoms with van der Waals surface area (Å²) in [6.45, 7) is 8.17. The average Bonchev–Trinajstić information content (AvgIpc) is 2.62. The van der Waals surface area contributed by atoms with E-state index in [1.54, 1.807) is 0 Å². The monoisotopic (exact) mass is 311 g/mol. The Hall–Kier alpha value is -2.14. The fraction of sp³-hybridized carbons (Fsp3) is 0.444. The summed E-state index contributed by atoms with van der Waals surface area (Å²) in [5.41, 5.74) is 1.38. The van der Waals surface area contributed by atoms with Gasteiger partial charge in [-0.3, -0.25) is 4.90 Å². The van der Waals surface area contributed by atoms with Crippen molar-refractivity contribution in [1.82, 2.24) is 14.9 Å². The molecule has 1 aromatic carbocycles. The lowest BCUT2D eigenvalue weighted by atomic mass is 10.2. The van der Waals surface area contributed by atoms with Gasteiger partial charge in [0.05, 0.1) is 0 Å². The van der Waals surface area contributed by atoms with Gasteiger partial charge >= 0.3 is 0 Å². The smallest absolute Gasteiger partial charge is 0.227 e. The van der Waals surface area contributed by atoms with Crippen molar-refractivity contribution >= 4 is 11.8 Å². The molecule has 0 radical (unpaired) electrons. The van der Waals surface area contributed by atoms with Gasteiger partial charge < -0.3 is 10.2 Å². The van der Waals surface area contributed by atoms with Crippen LogP contribution >= 0.6 is 0 Å². The van der Waals surface area contributed by atoms with E-state index < -0.39 is 0 Å². The van der Waals surface area contributed by atoms with Gasteiger partial charge in [0.15, 0.2) is 0 Å². The van der Waals surface area contributed by atoms with Gasteiger partial charge in [0.2, 0.25) is 5.95 Å². The molecule has 2 heterocycles. The predicted octanol–water partition coefficient (Wildman–Crippen LogP) is 2.62. The predicted molar refractivity (Wildman–Crippen MR) is 94.7 cm³/mol. The van der Waals surface area contributed by atoms with E-state index in [4.69, 9.17) is 0 Å². The van der Waals surface area contributed by atoms with Crippen molar-refractivity contribution in [1.29, 1.82) is 0 Å². The molecule has 1 aliphatic rings. The zero-order valence-electron chi connectivity index (χ0n) is 13.8. The van der Waals surface area contributed by atoms with Crippen LogP contribution in [0.4, 0.5) is 11.8 Å². The first-order chi connectivity index (χ1) is 11.3. The second kappa shape index (κ2) is 7.92. The van der Waals surface area contributed by atoms with Crippen molar-refractivity contribution in [3.05, 3.63) is 48.2 Å². The summed E-state index contributed by atoms with van der Waals surface area (Å²) in [7, 11) is 0. The van der Waals surface area contributed by atoms with E-state index in [2.05, 4.69) is 62.3 Å². The van der Waals surface area contributed by atoms with Gasteiger partial charge in [0, 0.05) is 45.5 Å². The number of nitrogens with zero attached hydrogens (tertiary/aromatic N) is 4. The summed E-state index contributed by atoms with van der Waals surface area (Å²) >= 11 is 0. The SMILES string of the molecule is CCCNc1ccnc(N2CCN(Cc3ccccc3)CC2)n1. The van der Waals surface area contributed by atoms with Crippen molar-refractivity contribution in [3.8, 4) is 0 Å². The molecule has 23 heavy (non-hydrogen) atoms. The molecule has 122 valence electrons. The van der Waals surface area contributed by atoms with Crippen LogP contribution in [0.2, 0.25) is 0 Å². The van der Waals surface area contributed by atoms with Crippen molar-refractivity contribution < 1.29 is 0 Å². The fourth-order valence-electron chi connectivity index (χ4n) is 2.80. The number of aromatic nitrogens is 2. The lowest BCUT2D eigenvalue weighted by Gasteiger charge is -2.34. The second-order valence-electron chi connectivity index (χ2n) is 5.92. The number of nitrogens with one attached hydrogen (secondary N) is 1. The normalized spacial score (nSPS) is 15.6. The van der Waals surface area contributed by atoms with Gasteiger partial charge in [0.1, 0.15) is 5.82 Å². The highest BCUT2D eigenvalue weighted by atomic mass is 15.3. The number of hydrogen-bond acceptors (Lipinski definition) is 5. The number of piperazine rings is 1. The van der Waals surface area contributed by atoms with E-state index in [0.717, 1.165) is 57.5 Å². The summed E-state index contributed by atoms with van der Waals surface area (Å²) in [6.07, 6.45) is 2.94. The summed E-state index contributed by atoms with van der Waals surface area (Å²) in [5, 5.41) is 3.33. The zero-order valence-corrected chi connectivity index (χ0v) is 13.8. The second-order valence-corrected chi connectivity index (χ2v) is 5.92. The molecule has 3 rings (SSSR count). The average molecular weight is 311 g/mol. The number of benzene rings is 1. The van der Waals surface area contributed by atoms with Crippen LogP contribution in [-0.2, 0) is 6.54 Å². The lowest BCUT2D eigenvalue weighted by molar-refractivity contribution is 0.248. The molecule has 1 aromatic heterocycles. The van der Waals surface area contributed by atoms with Crippen LogP contribution in [0.5, 0.6) is 0 Å². The standard InChI is InChI=1S/C18H25N5/c1-2-9-19-17-8-10-20-18(21-17)23-13-11-22(12-14-23)15-16-6-4-3-5-7-16/h3-8,10H,2,9,11-15H2,1H3,(H,19,20,21). The Morgan fingerprint density at radius 3 is 2.57 bits per heavy atom. The highest BCUT2D eigenvalue weighted by molar-refractivity contribution is 5.41. The Bertz CT molecular complexity index is 593. The third-order valence-corrected chi connectivity index (χ3v) is 4.10. The minimum atomic E-state index is 0.838. The van der Waals surface area contributed by atoms with Crippen LogP contribution in [0.25, 0.3) is 0 Å². The summed E-state index contributed by atoms with van der Waals surface area (Å²) in [5.74, 6) is 1.76. The maximum absolute atomic E-state index is 4.63. The highest BCUT2D eigenvalue weighted by Gasteiger charge is 2.19. The molecule has 1 saturated heterocycles. The van der Waals surface area contributed by atoms with Gasteiger partial charge in [-0.25, -0.2) is 4.98 Å². The fourth-order valence-corrected chi connectivity index (χ4v) is 2.80. The van der Waals surface area contributed by atoms with E-state index in [-0.39, 0.29) is 0 Å². The molecule has 1 fully saturated rings. The van der Waals surface area contributed by atoms with Gasteiger partial charge in [-0.2, -0.15) is 4.98 Å². The number of rotatable bonds is 6. The van der Waals surface area contributed by atoms with Crippen molar-refractivity contribution in [2.75, 3.05) is 42.9 Å². The maximum atomic E-state index is 4.63. The van der Waals surface area contributed by atoms with E-state index in [1.165, 1.54) is 5.56 Å². The topological polar surface area (TPSA) is 44.3 Å². The van der Waals surface area contributed by atoms with Crippen LogP contribution in [0.1, 0.15) is 18.9 Å². The van der Waals surface area contributed by atoms with Crippen molar-refractivity contribution in [2.45, 2.75) is 19.9 Å².